The van der Waals surface area contributed by atoms with E-state index in [0.717, 1.165) is 52.1 Å². The summed E-state index contributed by atoms with van der Waals surface area (Å²) in [5, 5.41) is 18.3. The molecule has 0 saturated carbocycles. The molecule has 3 saturated heterocycles. The second-order valence-electron chi connectivity index (χ2n) is 8.05. The standard InChI is InChI=1S/C18H24FN3O2.2C2H4O2/c19-15-3-1-2-13(8-15)18-16-10-20-9-14(16)11-22(18)17(23)12-21-4-6-24-7-5-21;2*1-2(3)4/h1-3,8,14,16,18,20H,4-7,9-12H2;2*1H3,(H,3,4)/t14-,16-,18-;;/m0../s1. The highest BCUT2D eigenvalue weighted by molar-refractivity contribution is 5.79. The molecule has 9 nitrogen and oxygen atoms in total. The number of nitrogens with one attached hydrogen (secondary N) is 1. The van der Waals surface area contributed by atoms with Gasteiger partial charge in [0.25, 0.3) is 11.9 Å². The summed E-state index contributed by atoms with van der Waals surface area (Å²) in [4.78, 5) is 35.1. The van der Waals surface area contributed by atoms with Crippen LogP contribution in [0.5, 0.6) is 0 Å². The Kier molecular flexibility index (Phi) is 10.0. The number of amides is 1. The van der Waals surface area contributed by atoms with Crippen LogP contribution in [0.2, 0.25) is 0 Å². The predicted molar refractivity (Wildman–Crippen MR) is 115 cm³/mol. The molecule has 3 atom stereocenters. The Morgan fingerprint density at radius 2 is 1.75 bits per heavy atom. The van der Waals surface area contributed by atoms with Crippen molar-refractivity contribution in [2.75, 3.05) is 52.5 Å². The number of nitrogens with zero attached hydrogens (tertiary/aromatic N) is 2. The van der Waals surface area contributed by atoms with Crippen molar-refractivity contribution < 1.29 is 33.7 Å². The van der Waals surface area contributed by atoms with Crippen molar-refractivity contribution >= 4 is 17.8 Å². The number of hydrogen-bond donors (Lipinski definition) is 3. The quantitative estimate of drug-likeness (QED) is 0.622. The fourth-order valence-electron chi connectivity index (χ4n) is 4.34. The number of carboxylic acid groups (broad SMARTS) is 2. The Morgan fingerprint density at radius 3 is 2.34 bits per heavy atom. The number of ether oxygens (including phenoxy) is 1. The third-order valence-electron chi connectivity index (χ3n) is 5.54. The lowest BCUT2D eigenvalue weighted by Crippen LogP contribution is -2.45. The van der Waals surface area contributed by atoms with Gasteiger partial charge in [-0.15, -0.1) is 0 Å². The summed E-state index contributed by atoms with van der Waals surface area (Å²) < 4.78 is 19.1. The Morgan fingerprint density at radius 1 is 1.12 bits per heavy atom. The molecule has 32 heavy (non-hydrogen) atoms. The van der Waals surface area contributed by atoms with Crippen molar-refractivity contribution in [3.05, 3.63) is 35.6 Å². The summed E-state index contributed by atoms with van der Waals surface area (Å²) in [5.74, 6) is -0.907. The second kappa shape index (κ2) is 12.5. The summed E-state index contributed by atoms with van der Waals surface area (Å²) in [6.45, 7) is 8.19. The van der Waals surface area contributed by atoms with Gasteiger partial charge >= 0.3 is 0 Å². The molecular formula is C22H32FN3O6. The second-order valence-corrected chi connectivity index (χ2v) is 8.05. The zero-order valence-corrected chi connectivity index (χ0v) is 18.5. The number of carboxylic acids is 2. The van der Waals surface area contributed by atoms with Crippen LogP contribution >= 0.6 is 0 Å². The van der Waals surface area contributed by atoms with Crippen LogP contribution in [0.4, 0.5) is 4.39 Å². The highest BCUT2D eigenvalue weighted by atomic mass is 19.1. The van der Waals surface area contributed by atoms with Crippen LogP contribution in [0.1, 0.15) is 25.5 Å². The zero-order valence-electron chi connectivity index (χ0n) is 18.5. The first-order valence-electron chi connectivity index (χ1n) is 10.6. The maximum Gasteiger partial charge on any atom is 0.300 e. The Labute approximate surface area is 187 Å². The summed E-state index contributed by atoms with van der Waals surface area (Å²) in [6, 6.07) is 6.71. The van der Waals surface area contributed by atoms with Gasteiger partial charge < -0.3 is 25.2 Å². The SMILES string of the molecule is CC(=O)O.CC(=O)O.O=C(CN1CCOCC1)N1C[C@@H]2CNC[C@@H]2[C@@H]1c1cccc(F)c1. The normalized spacial score (nSPS) is 24.5. The van der Waals surface area contributed by atoms with Crippen LogP contribution in [0.3, 0.4) is 0 Å². The van der Waals surface area contributed by atoms with Gasteiger partial charge in [0.2, 0.25) is 5.91 Å². The fraction of sp³-hybridized carbons (Fsp3) is 0.591. The Hall–Kier alpha value is -2.56. The van der Waals surface area contributed by atoms with E-state index in [2.05, 4.69) is 10.2 Å². The fourth-order valence-corrected chi connectivity index (χ4v) is 4.34. The number of fused-ring (bicyclic) bond motifs is 1. The Bertz CT molecular complexity index is 767. The molecule has 3 N–H and O–H groups in total. The summed E-state index contributed by atoms with van der Waals surface area (Å²) in [6.07, 6.45) is 0. The molecule has 4 rings (SSSR count). The van der Waals surface area contributed by atoms with Crippen LogP contribution in [0.15, 0.2) is 24.3 Å². The van der Waals surface area contributed by atoms with E-state index < -0.39 is 11.9 Å². The number of likely N-dealkylation sites (tertiary alicyclic amines) is 1. The monoisotopic (exact) mass is 453 g/mol. The Balaban J connectivity index is 0.000000395. The number of halogens is 1. The van der Waals surface area contributed by atoms with Gasteiger partial charge in [-0.2, -0.15) is 0 Å². The summed E-state index contributed by atoms with van der Waals surface area (Å²) in [5.41, 5.74) is 0.918. The lowest BCUT2D eigenvalue weighted by molar-refractivity contribution is -0.135. The zero-order chi connectivity index (χ0) is 23.7. The minimum absolute atomic E-state index is 0.0192. The molecule has 0 bridgehead atoms. The number of rotatable bonds is 3. The minimum atomic E-state index is -0.833. The summed E-state index contributed by atoms with van der Waals surface area (Å²) >= 11 is 0. The van der Waals surface area contributed by atoms with E-state index >= 15 is 0 Å². The summed E-state index contributed by atoms with van der Waals surface area (Å²) in [7, 11) is 0. The van der Waals surface area contributed by atoms with E-state index in [-0.39, 0.29) is 17.8 Å². The molecule has 3 aliphatic rings. The molecule has 0 aromatic heterocycles. The number of hydrogen-bond acceptors (Lipinski definition) is 6. The molecule has 10 heteroatoms. The van der Waals surface area contributed by atoms with E-state index in [1.165, 1.54) is 6.07 Å². The first kappa shape index (κ1) is 25.7. The molecule has 1 amide bonds. The largest absolute Gasteiger partial charge is 0.481 e. The molecule has 0 spiro atoms. The van der Waals surface area contributed by atoms with Gasteiger partial charge in [-0.05, 0) is 23.6 Å². The lowest BCUT2D eigenvalue weighted by Gasteiger charge is -2.32. The maximum absolute atomic E-state index is 13.7. The van der Waals surface area contributed by atoms with E-state index in [0.29, 0.717) is 31.6 Å². The van der Waals surface area contributed by atoms with Crippen LogP contribution < -0.4 is 5.32 Å². The lowest BCUT2D eigenvalue weighted by atomic mass is 9.89. The molecule has 0 aliphatic carbocycles. The van der Waals surface area contributed by atoms with Crippen molar-refractivity contribution in [2.45, 2.75) is 19.9 Å². The highest BCUT2D eigenvalue weighted by Crippen LogP contribution is 2.42. The van der Waals surface area contributed by atoms with Crippen LogP contribution in [0.25, 0.3) is 0 Å². The van der Waals surface area contributed by atoms with E-state index in [1.807, 2.05) is 11.0 Å². The van der Waals surface area contributed by atoms with Crippen molar-refractivity contribution in [3.63, 3.8) is 0 Å². The molecule has 0 unspecified atom stereocenters. The van der Waals surface area contributed by atoms with Crippen molar-refractivity contribution in [1.82, 2.24) is 15.1 Å². The third kappa shape index (κ3) is 7.85. The predicted octanol–water partition coefficient (Wildman–Crippen LogP) is 1.06. The van der Waals surface area contributed by atoms with Gasteiger partial charge in [-0.1, -0.05) is 12.1 Å². The molecule has 3 heterocycles. The number of aliphatic carboxylic acids is 2. The van der Waals surface area contributed by atoms with Crippen LogP contribution in [-0.2, 0) is 19.1 Å². The minimum Gasteiger partial charge on any atom is -0.481 e. The molecule has 1 aromatic rings. The van der Waals surface area contributed by atoms with Crippen molar-refractivity contribution in [1.29, 1.82) is 0 Å². The first-order valence-corrected chi connectivity index (χ1v) is 10.6. The molecule has 3 aliphatic heterocycles. The average Bonchev–Trinajstić information content (AvgIpc) is 3.29. The topological polar surface area (TPSA) is 119 Å². The van der Waals surface area contributed by atoms with Gasteiger partial charge in [0, 0.05) is 52.5 Å². The molecule has 0 radical (unpaired) electrons. The highest BCUT2D eigenvalue weighted by Gasteiger charge is 2.46. The van der Waals surface area contributed by atoms with Gasteiger partial charge in [0.15, 0.2) is 0 Å². The van der Waals surface area contributed by atoms with Crippen LogP contribution in [-0.4, -0.2) is 90.3 Å². The van der Waals surface area contributed by atoms with E-state index in [1.54, 1.807) is 12.1 Å². The molecule has 178 valence electrons. The molecular weight excluding hydrogens is 421 g/mol. The molecule has 1 aromatic carbocycles. The molecule has 3 fully saturated rings. The third-order valence-corrected chi connectivity index (χ3v) is 5.54. The van der Waals surface area contributed by atoms with Gasteiger partial charge in [0.1, 0.15) is 5.82 Å². The number of morpholine rings is 1. The van der Waals surface area contributed by atoms with Gasteiger partial charge in [-0.3, -0.25) is 19.3 Å². The van der Waals surface area contributed by atoms with Crippen LogP contribution in [0, 0.1) is 17.7 Å². The van der Waals surface area contributed by atoms with E-state index in [9.17, 15) is 9.18 Å². The average molecular weight is 454 g/mol. The first-order chi connectivity index (χ1) is 15.2. The number of carbonyl (C=O) groups is 3. The smallest absolute Gasteiger partial charge is 0.300 e. The van der Waals surface area contributed by atoms with E-state index in [4.69, 9.17) is 24.5 Å². The van der Waals surface area contributed by atoms with Gasteiger partial charge in [-0.25, -0.2) is 4.39 Å². The van der Waals surface area contributed by atoms with Gasteiger partial charge in [0.05, 0.1) is 25.8 Å². The maximum atomic E-state index is 13.7. The number of benzene rings is 1. The van der Waals surface area contributed by atoms with Crippen molar-refractivity contribution in [3.8, 4) is 0 Å². The number of carbonyl (C=O) groups excluding carboxylic acids is 1. The van der Waals surface area contributed by atoms with Crippen molar-refractivity contribution in [2.24, 2.45) is 11.8 Å².